The van der Waals surface area contributed by atoms with Crippen molar-refractivity contribution in [3.8, 4) is 0 Å². The highest BCUT2D eigenvalue weighted by Gasteiger charge is 2.29. The number of ether oxygens (including phenoxy) is 1. The van der Waals surface area contributed by atoms with Crippen molar-refractivity contribution in [2.45, 2.75) is 24.7 Å². The Kier molecular flexibility index (Phi) is 6.64. The molecule has 0 atom stereocenters. The Morgan fingerprint density at radius 1 is 1.30 bits per heavy atom. The average Bonchev–Trinajstić information content (AvgIpc) is 2.73. The van der Waals surface area contributed by atoms with E-state index in [4.69, 9.17) is 4.74 Å². The van der Waals surface area contributed by atoms with E-state index in [1.54, 1.807) is 12.1 Å². The number of nitrogens with zero attached hydrogens (tertiary/aromatic N) is 1. The number of sulfonamides is 1. The first-order valence-electron chi connectivity index (χ1n) is 9.40. The van der Waals surface area contributed by atoms with E-state index in [0.29, 0.717) is 44.8 Å². The van der Waals surface area contributed by atoms with Crippen molar-refractivity contribution in [1.82, 2.24) is 14.9 Å². The van der Waals surface area contributed by atoms with Crippen LogP contribution < -0.4 is 10.6 Å². The highest BCUT2D eigenvalue weighted by molar-refractivity contribution is 7.89. The predicted octanol–water partition coefficient (Wildman–Crippen LogP) is 0.919. The Bertz CT molecular complexity index is 814. The lowest BCUT2D eigenvalue weighted by Gasteiger charge is -2.27. The Labute approximate surface area is 160 Å². The van der Waals surface area contributed by atoms with Gasteiger partial charge >= 0.3 is 0 Å². The van der Waals surface area contributed by atoms with Gasteiger partial charge in [0.05, 0.1) is 18.1 Å². The summed E-state index contributed by atoms with van der Waals surface area (Å²) in [6, 6.07) is 4.95. The SMILES string of the molecule is CCc1ccc(C(=O)NCC2=CCNCC2)cc1S(=O)(=O)N1CCOCC1. The molecule has 0 unspecified atom stereocenters. The van der Waals surface area contributed by atoms with Crippen LogP contribution in [0.25, 0.3) is 0 Å². The molecular weight excluding hydrogens is 366 g/mol. The maximum Gasteiger partial charge on any atom is 0.251 e. The molecular formula is C19H27N3O4S. The Hall–Kier alpha value is -1.74. The van der Waals surface area contributed by atoms with E-state index in [1.165, 1.54) is 15.9 Å². The lowest BCUT2D eigenvalue weighted by molar-refractivity contribution is 0.0730. The molecule has 7 nitrogen and oxygen atoms in total. The molecule has 1 saturated heterocycles. The number of nitrogens with one attached hydrogen (secondary N) is 2. The molecule has 3 rings (SSSR count). The molecule has 1 aromatic rings. The van der Waals surface area contributed by atoms with Gasteiger partial charge < -0.3 is 15.4 Å². The first-order chi connectivity index (χ1) is 13.0. The molecule has 0 aromatic heterocycles. The van der Waals surface area contributed by atoms with Gasteiger partial charge in [0.1, 0.15) is 0 Å². The molecule has 2 N–H and O–H groups in total. The standard InChI is InChI=1S/C19H27N3O4S/c1-2-16-3-4-17(19(23)21-14-15-5-7-20-8-6-15)13-18(16)27(24,25)22-9-11-26-12-10-22/h3-5,13,20H,2,6-12,14H2,1H3,(H,21,23). The Morgan fingerprint density at radius 2 is 2.07 bits per heavy atom. The maximum atomic E-state index is 13.1. The topological polar surface area (TPSA) is 87.7 Å². The molecule has 27 heavy (non-hydrogen) atoms. The minimum atomic E-state index is -3.64. The fourth-order valence-electron chi connectivity index (χ4n) is 3.28. The summed E-state index contributed by atoms with van der Waals surface area (Å²) < 4.78 is 32.8. The summed E-state index contributed by atoms with van der Waals surface area (Å²) in [5, 5.41) is 6.13. The maximum absolute atomic E-state index is 13.1. The van der Waals surface area contributed by atoms with Crippen molar-refractivity contribution < 1.29 is 17.9 Å². The molecule has 2 aliphatic rings. The van der Waals surface area contributed by atoms with Crippen molar-refractivity contribution >= 4 is 15.9 Å². The summed E-state index contributed by atoms with van der Waals surface area (Å²) >= 11 is 0. The Morgan fingerprint density at radius 3 is 2.74 bits per heavy atom. The highest BCUT2D eigenvalue weighted by atomic mass is 32.2. The number of hydrogen-bond donors (Lipinski definition) is 2. The van der Waals surface area contributed by atoms with Gasteiger partial charge in [-0.25, -0.2) is 8.42 Å². The fraction of sp³-hybridized carbons (Fsp3) is 0.526. The van der Waals surface area contributed by atoms with Crippen LogP contribution in [0.15, 0.2) is 34.7 Å². The van der Waals surface area contributed by atoms with Crippen molar-refractivity contribution in [1.29, 1.82) is 0 Å². The van der Waals surface area contributed by atoms with E-state index in [0.717, 1.165) is 25.1 Å². The summed E-state index contributed by atoms with van der Waals surface area (Å²) in [4.78, 5) is 12.8. The second kappa shape index (κ2) is 8.97. The lowest BCUT2D eigenvalue weighted by Crippen LogP contribution is -2.41. The van der Waals surface area contributed by atoms with Crippen LogP contribution in [0.1, 0.15) is 29.3 Å². The van der Waals surface area contributed by atoms with Gasteiger partial charge in [0.2, 0.25) is 10.0 Å². The van der Waals surface area contributed by atoms with E-state index in [9.17, 15) is 13.2 Å². The largest absolute Gasteiger partial charge is 0.379 e. The molecule has 1 aromatic carbocycles. The lowest BCUT2D eigenvalue weighted by atomic mass is 10.1. The van der Waals surface area contributed by atoms with Gasteiger partial charge in [-0.05, 0) is 37.1 Å². The van der Waals surface area contributed by atoms with E-state index in [2.05, 4.69) is 16.7 Å². The minimum Gasteiger partial charge on any atom is -0.379 e. The smallest absolute Gasteiger partial charge is 0.251 e. The predicted molar refractivity (Wildman–Crippen MR) is 103 cm³/mol. The van der Waals surface area contributed by atoms with Crippen molar-refractivity contribution in [2.24, 2.45) is 0 Å². The molecule has 148 valence electrons. The second-order valence-corrected chi connectivity index (χ2v) is 8.60. The van der Waals surface area contributed by atoms with Crippen molar-refractivity contribution in [3.63, 3.8) is 0 Å². The quantitative estimate of drug-likeness (QED) is 0.702. The van der Waals surface area contributed by atoms with Crippen LogP contribution in [-0.2, 0) is 21.2 Å². The summed E-state index contributed by atoms with van der Waals surface area (Å²) in [7, 11) is -3.64. The number of rotatable bonds is 6. The first kappa shape index (κ1) is 20.0. The monoisotopic (exact) mass is 393 g/mol. The number of benzene rings is 1. The average molecular weight is 394 g/mol. The third-order valence-corrected chi connectivity index (χ3v) is 6.91. The van der Waals surface area contributed by atoms with Crippen LogP contribution in [0, 0.1) is 0 Å². The molecule has 0 saturated carbocycles. The third kappa shape index (κ3) is 4.76. The molecule has 0 aliphatic carbocycles. The zero-order chi connectivity index (χ0) is 19.3. The minimum absolute atomic E-state index is 0.223. The number of aryl methyl sites for hydroxylation is 1. The van der Waals surface area contributed by atoms with Gasteiger partial charge in [-0.1, -0.05) is 24.6 Å². The van der Waals surface area contributed by atoms with Gasteiger partial charge in [0.15, 0.2) is 0 Å². The number of hydrogen-bond acceptors (Lipinski definition) is 5. The van der Waals surface area contributed by atoms with E-state index in [-0.39, 0.29) is 10.8 Å². The fourth-order valence-corrected chi connectivity index (χ4v) is 5.01. The van der Waals surface area contributed by atoms with Crippen LogP contribution in [0.5, 0.6) is 0 Å². The molecule has 1 amide bonds. The molecule has 1 fully saturated rings. The van der Waals surface area contributed by atoms with Gasteiger partial charge in [-0.15, -0.1) is 0 Å². The summed E-state index contributed by atoms with van der Waals surface area (Å²) in [5.74, 6) is -0.254. The van der Waals surface area contributed by atoms with Gasteiger partial charge in [-0.3, -0.25) is 4.79 Å². The van der Waals surface area contributed by atoms with E-state index >= 15 is 0 Å². The highest BCUT2D eigenvalue weighted by Crippen LogP contribution is 2.23. The zero-order valence-electron chi connectivity index (χ0n) is 15.7. The molecule has 0 radical (unpaired) electrons. The number of carbonyl (C=O) groups is 1. The summed E-state index contributed by atoms with van der Waals surface area (Å²) in [6.45, 7) is 5.59. The number of amides is 1. The Balaban J connectivity index is 1.80. The third-order valence-electron chi connectivity index (χ3n) is 4.93. The normalized spacial score (nSPS) is 18.8. The molecule has 2 heterocycles. The van der Waals surface area contributed by atoms with Crippen molar-refractivity contribution in [2.75, 3.05) is 45.9 Å². The number of carbonyl (C=O) groups excluding carboxylic acids is 1. The van der Waals surface area contributed by atoms with Crippen LogP contribution in [0.3, 0.4) is 0 Å². The van der Waals surface area contributed by atoms with Crippen LogP contribution in [0.2, 0.25) is 0 Å². The molecule has 0 bridgehead atoms. The van der Waals surface area contributed by atoms with Crippen LogP contribution in [-0.4, -0.2) is 64.6 Å². The molecule has 0 spiro atoms. The van der Waals surface area contributed by atoms with E-state index < -0.39 is 10.0 Å². The van der Waals surface area contributed by atoms with Gasteiger partial charge in [-0.2, -0.15) is 4.31 Å². The summed E-state index contributed by atoms with van der Waals surface area (Å²) in [5.41, 5.74) is 2.28. The van der Waals surface area contributed by atoms with Crippen LogP contribution in [0.4, 0.5) is 0 Å². The zero-order valence-corrected chi connectivity index (χ0v) is 16.5. The van der Waals surface area contributed by atoms with Gasteiger partial charge in [0.25, 0.3) is 5.91 Å². The molecule has 2 aliphatic heterocycles. The van der Waals surface area contributed by atoms with E-state index in [1.807, 2.05) is 6.92 Å². The van der Waals surface area contributed by atoms with Crippen LogP contribution >= 0.6 is 0 Å². The molecule has 8 heteroatoms. The number of morpholine rings is 1. The van der Waals surface area contributed by atoms with Crippen molar-refractivity contribution in [3.05, 3.63) is 41.0 Å². The first-order valence-corrected chi connectivity index (χ1v) is 10.8. The van der Waals surface area contributed by atoms with Gasteiger partial charge in [0, 0.05) is 31.7 Å². The second-order valence-electron chi connectivity index (χ2n) is 6.69. The summed E-state index contributed by atoms with van der Waals surface area (Å²) in [6.07, 6.45) is 3.57.